The Morgan fingerprint density at radius 3 is 2.43 bits per heavy atom. The minimum absolute atomic E-state index is 0.0397. The quantitative estimate of drug-likeness (QED) is 0.788. The summed E-state index contributed by atoms with van der Waals surface area (Å²) in [5, 5.41) is 8.66. The lowest BCUT2D eigenvalue weighted by molar-refractivity contribution is -0.137. The number of nitrogens with zero attached hydrogens (tertiary/aromatic N) is 2. The van der Waals surface area contributed by atoms with E-state index < -0.39 is 16.2 Å². The molecule has 0 fully saturated rings. The minimum atomic E-state index is -3.66. The Balaban J connectivity index is 2.87. The molecule has 1 aromatic carbocycles. The number of carbonyl (C=O) groups is 1. The molecule has 0 bridgehead atoms. The van der Waals surface area contributed by atoms with Gasteiger partial charge in [-0.2, -0.15) is 17.0 Å². The Hall–Kier alpha value is -1.44. The molecule has 7 heteroatoms. The molecule has 118 valence electrons. The first-order chi connectivity index (χ1) is 9.78. The van der Waals surface area contributed by atoms with Crippen LogP contribution < -0.4 is 0 Å². The Bertz CT molecular complexity index is 586. The van der Waals surface area contributed by atoms with Crippen molar-refractivity contribution in [1.29, 1.82) is 0 Å². The number of benzene rings is 1. The highest BCUT2D eigenvalue weighted by molar-refractivity contribution is 7.86. The molecule has 0 spiro atoms. The Morgan fingerprint density at radius 1 is 1.29 bits per heavy atom. The zero-order valence-electron chi connectivity index (χ0n) is 12.6. The van der Waals surface area contributed by atoms with Gasteiger partial charge in [-0.25, -0.2) is 0 Å². The third kappa shape index (κ3) is 4.80. The van der Waals surface area contributed by atoms with Gasteiger partial charge in [-0.1, -0.05) is 31.2 Å². The van der Waals surface area contributed by atoms with Gasteiger partial charge in [-0.3, -0.25) is 4.79 Å². The Morgan fingerprint density at radius 2 is 1.90 bits per heavy atom. The van der Waals surface area contributed by atoms with E-state index in [1.165, 1.54) is 11.4 Å². The topological polar surface area (TPSA) is 77.9 Å². The summed E-state index contributed by atoms with van der Waals surface area (Å²) in [6.45, 7) is 4.27. The van der Waals surface area contributed by atoms with Crippen molar-refractivity contribution in [2.45, 2.75) is 26.8 Å². The number of aryl methyl sites for hydroxylation is 1. The summed E-state index contributed by atoms with van der Waals surface area (Å²) in [5.41, 5.74) is 1.97. The maximum atomic E-state index is 12.4. The molecule has 0 aromatic heterocycles. The van der Waals surface area contributed by atoms with Crippen LogP contribution in [0, 0.1) is 6.92 Å². The van der Waals surface area contributed by atoms with E-state index in [1.54, 1.807) is 6.92 Å². The molecule has 1 rings (SSSR count). The molecule has 0 unspecified atom stereocenters. The van der Waals surface area contributed by atoms with Crippen LogP contribution in [0.25, 0.3) is 0 Å². The molecule has 0 aliphatic carbocycles. The summed E-state index contributed by atoms with van der Waals surface area (Å²) in [6, 6.07) is 7.61. The lowest BCUT2D eigenvalue weighted by atomic mass is 10.1. The molecule has 0 saturated heterocycles. The van der Waals surface area contributed by atoms with Gasteiger partial charge in [-0.15, -0.1) is 0 Å². The third-order valence-electron chi connectivity index (χ3n) is 3.32. The van der Waals surface area contributed by atoms with Gasteiger partial charge >= 0.3 is 5.97 Å². The fourth-order valence-electron chi connectivity index (χ4n) is 1.90. The van der Waals surface area contributed by atoms with E-state index in [0.717, 1.165) is 15.4 Å². The number of hydrogen-bond donors (Lipinski definition) is 1. The first-order valence-electron chi connectivity index (χ1n) is 6.76. The van der Waals surface area contributed by atoms with Crippen LogP contribution >= 0.6 is 0 Å². The van der Waals surface area contributed by atoms with E-state index in [0.29, 0.717) is 6.54 Å². The highest BCUT2D eigenvalue weighted by atomic mass is 32.2. The summed E-state index contributed by atoms with van der Waals surface area (Å²) < 4.78 is 27.3. The van der Waals surface area contributed by atoms with E-state index in [4.69, 9.17) is 5.11 Å². The van der Waals surface area contributed by atoms with Crippen LogP contribution in [0.2, 0.25) is 0 Å². The van der Waals surface area contributed by atoms with Crippen molar-refractivity contribution in [2.75, 3.05) is 20.1 Å². The van der Waals surface area contributed by atoms with Gasteiger partial charge in [0.15, 0.2) is 0 Å². The van der Waals surface area contributed by atoms with E-state index in [-0.39, 0.29) is 19.5 Å². The van der Waals surface area contributed by atoms with Crippen LogP contribution in [0.1, 0.15) is 24.5 Å². The zero-order chi connectivity index (χ0) is 16.0. The molecule has 0 aliphatic heterocycles. The van der Waals surface area contributed by atoms with E-state index in [9.17, 15) is 13.2 Å². The molecule has 1 N–H and O–H groups in total. The maximum Gasteiger partial charge on any atom is 0.304 e. The van der Waals surface area contributed by atoms with Crippen LogP contribution in [-0.2, 0) is 21.5 Å². The summed E-state index contributed by atoms with van der Waals surface area (Å²) in [5.74, 6) is -1.01. The number of carboxylic acid groups (broad SMARTS) is 1. The lowest BCUT2D eigenvalue weighted by Crippen LogP contribution is -2.42. The van der Waals surface area contributed by atoms with Crippen molar-refractivity contribution in [3.63, 3.8) is 0 Å². The molecule has 1 aromatic rings. The number of rotatable bonds is 8. The van der Waals surface area contributed by atoms with Crippen LogP contribution in [0.5, 0.6) is 0 Å². The molecule has 0 aliphatic rings. The summed E-state index contributed by atoms with van der Waals surface area (Å²) in [4.78, 5) is 10.6. The van der Waals surface area contributed by atoms with Gasteiger partial charge in [0.25, 0.3) is 10.2 Å². The van der Waals surface area contributed by atoms with Gasteiger partial charge in [-0.05, 0) is 18.1 Å². The molecule has 0 saturated carbocycles. The van der Waals surface area contributed by atoms with E-state index in [2.05, 4.69) is 0 Å². The fraction of sp³-hybridized carbons (Fsp3) is 0.500. The van der Waals surface area contributed by atoms with Crippen molar-refractivity contribution in [1.82, 2.24) is 8.61 Å². The summed E-state index contributed by atoms with van der Waals surface area (Å²) in [7, 11) is -2.26. The normalized spacial score (nSPS) is 12.0. The van der Waals surface area contributed by atoms with Gasteiger partial charge in [0.1, 0.15) is 0 Å². The number of aliphatic carboxylic acids is 1. The van der Waals surface area contributed by atoms with E-state index >= 15 is 0 Å². The molecule has 6 nitrogen and oxygen atoms in total. The average Bonchev–Trinajstić information content (AvgIpc) is 2.43. The fourth-order valence-corrected chi connectivity index (χ4v) is 3.24. The summed E-state index contributed by atoms with van der Waals surface area (Å²) >= 11 is 0. The van der Waals surface area contributed by atoms with Crippen molar-refractivity contribution in [2.24, 2.45) is 0 Å². The van der Waals surface area contributed by atoms with Crippen molar-refractivity contribution >= 4 is 16.2 Å². The maximum absolute atomic E-state index is 12.4. The molecule has 0 amide bonds. The molecule has 0 heterocycles. The highest BCUT2D eigenvalue weighted by Gasteiger charge is 2.26. The van der Waals surface area contributed by atoms with Gasteiger partial charge in [0.05, 0.1) is 6.42 Å². The monoisotopic (exact) mass is 314 g/mol. The number of hydrogen-bond acceptors (Lipinski definition) is 3. The second kappa shape index (κ2) is 7.53. The van der Waals surface area contributed by atoms with Gasteiger partial charge < -0.3 is 5.11 Å². The molecule has 21 heavy (non-hydrogen) atoms. The Labute approximate surface area is 126 Å². The van der Waals surface area contributed by atoms with Crippen molar-refractivity contribution < 1.29 is 18.3 Å². The second-order valence-corrected chi connectivity index (χ2v) is 6.86. The molecular formula is C14H22N2O4S. The predicted molar refractivity (Wildman–Crippen MR) is 81.1 cm³/mol. The molecular weight excluding hydrogens is 292 g/mol. The lowest BCUT2D eigenvalue weighted by Gasteiger charge is -2.26. The first kappa shape index (κ1) is 17.6. The molecule has 0 atom stereocenters. The SMILES string of the molecule is CCN(Cc1ccccc1C)S(=O)(=O)N(C)CCC(=O)O. The van der Waals surface area contributed by atoms with Crippen molar-refractivity contribution in [3.8, 4) is 0 Å². The van der Waals surface area contributed by atoms with Gasteiger partial charge in [0.2, 0.25) is 0 Å². The Kier molecular flexibility index (Phi) is 6.32. The van der Waals surface area contributed by atoms with Crippen LogP contribution in [-0.4, -0.2) is 48.2 Å². The van der Waals surface area contributed by atoms with Crippen LogP contribution in [0.4, 0.5) is 0 Å². The average molecular weight is 314 g/mol. The standard InChI is InChI=1S/C14H22N2O4S/c1-4-16(11-13-8-6-5-7-12(13)2)21(19,20)15(3)10-9-14(17)18/h5-8H,4,9-11H2,1-3H3,(H,17,18). The largest absolute Gasteiger partial charge is 0.481 e. The molecule has 0 radical (unpaired) electrons. The second-order valence-electron chi connectivity index (χ2n) is 4.83. The van der Waals surface area contributed by atoms with Crippen molar-refractivity contribution in [3.05, 3.63) is 35.4 Å². The summed E-state index contributed by atoms with van der Waals surface area (Å²) in [6.07, 6.45) is -0.211. The predicted octanol–water partition coefficient (Wildman–Crippen LogP) is 1.47. The zero-order valence-corrected chi connectivity index (χ0v) is 13.4. The van der Waals surface area contributed by atoms with Crippen LogP contribution in [0.15, 0.2) is 24.3 Å². The highest BCUT2D eigenvalue weighted by Crippen LogP contribution is 2.15. The van der Waals surface area contributed by atoms with E-state index in [1.807, 2.05) is 31.2 Å². The van der Waals surface area contributed by atoms with Crippen LogP contribution in [0.3, 0.4) is 0 Å². The van der Waals surface area contributed by atoms with Gasteiger partial charge in [0, 0.05) is 26.7 Å². The number of carboxylic acids is 1. The smallest absolute Gasteiger partial charge is 0.304 e. The first-order valence-corrected chi connectivity index (χ1v) is 8.16. The third-order valence-corrected chi connectivity index (χ3v) is 5.33. The minimum Gasteiger partial charge on any atom is -0.481 e.